The Labute approximate surface area is 59.0 Å². The minimum Gasteiger partial charge on any atom is -0.300 e. The SMILES string of the molecule is C1CC[C@@H]2NCN[C@H]2C1.[HH].[HH]. The van der Waals surface area contributed by atoms with Crippen molar-refractivity contribution in [2.45, 2.75) is 37.8 Å². The Balaban J connectivity index is 0.000000500. The molecule has 0 amide bonds. The molecule has 2 fully saturated rings. The topological polar surface area (TPSA) is 24.1 Å². The summed E-state index contributed by atoms with van der Waals surface area (Å²) in [4.78, 5) is 0. The first-order valence-corrected chi connectivity index (χ1v) is 3.93. The highest BCUT2D eigenvalue weighted by Gasteiger charge is 2.27. The van der Waals surface area contributed by atoms with Crippen LogP contribution in [0.4, 0.5) is 0 Å². The number of fused-ring (bicyclic) bond motifs is 1. The molecule has 1 heterocycles. The van der Waals surface area contributed by atoms with Crippen LogP contribution in [0.25, 0.3) is 0 Å². The minimum atomic E-state index is 0. The molecule has 1 saturated heterocycles. The zero-order chi connectivity index (χ0) is 6.10. The minimum absolute atomic E-state index is 0. The van der Waals surface area contributed by atoms with Crippen molar-refractivity contribution >= 4 is 0 Å². The van der Waals surface area contributed by atoms with Gasteiger partial charge in [0, 0.05) is 21.6 Å². The maximum Gasteiger partial charge on any atom is 0.0459 e. The first-order chi connectivity index (χ1) is 4.47. The van der Waals surface area contributed by atoms with E-state index in [0.717, 1.165) is 18.8 Å². The van der Waals surface area contributed by atoms with Crippen LogP contribution < -0.4 is 10.6 Å². The second kappa shape index (κ2) is 2.27. The van der Waals surface area contributed by atoms with Crippen LogP contribution in [-0.2, 0) is 0 Å². The van der Waals surface area contributed by atoms with Crippen molar-refractivity contribution in [2.75, 3.05) is 6.67 Å². The molecule has 0 spiro atoms. The first kappa shape index (κ1) is 5.69. The molecule has 2 nitrogen and oxygen atoms in total. The summed E-state index contributed by atoms with van der Waals surface area (Å²) < 4.78 is 0. The van der Waals surface area contributed by atoms with Gasteiger partial charge in [-0.1, -0.05) is 12.8 Å². The highest BCUT2D eigenvalue weighted by atomic mass is 15.2. The van der Waals surface area contributed by atoms with E-state index in [1.165, 1.54) is 25.7 Å². The van der Waals surface area contributed by atoms with Gasteiger partial charge in [0.05, 0.1) is 0 Å². The Bertz CT molecular complexity index is 98.6. The van der Waals surface area contributed by atoms with Gasteiger partial charge in [0.15, 0.2) is 0 Å². The maximum absolute atomic E-state index is 3.45. The monoisotopic (exact) mass is 130 g/mol. The van der Waals surface area contributed by atoms with Crippen LogP contribution in [-0.4, -0.2) is 18.8 Å². The second-order valence-corrected chi connectivity index (χ2v) is 3.08. The summed E-state index contributed by atoms with van der Waals surface area (Å²) in [5.74, 6) is 0. The van der Waals surface area contributed by atoms with Gasteiger partial charge in [0.2, 0.25) is 0 Å². The van der Waals surface area contributed by atoms with Gasteiger partial charge in [-0.05, 0) is 12.8 Å². The van der Waals surface area contributed by atoms with Crippen LogP contribution in [0.1, 0.15) is 28.5 Å². The van der Waals surface area contributed by atoms with E-state index < -0.39 is 0 Å². The van der Waals surface area contributed by atoms with Crippen molar-refractivity contribution in [3.63, 3.8) is 0 Å². The van der Waals surface area contributed by atoms with Crippen LogP contribution in [0.5, 0.6) is 0 Å². The van der Waals surface area contributed by atoms with E-state index in [0.29, 0.717) is 0 Å². The molecule has 2 rings (SSSR count). The summed E-state index contributed by atoms with van der Waals surface area (Å²) in [6, 6.07) is 1.61. The zero-order valence-electron chi connectivity index (χ0n) is 5.69. The van der Waals surface area contributed by atoms with Crippen LogP contribution in [0.3, 0.4) is 0 Å². The molecule has 0 aromatic carbocycles. The summed E-state index contributed by atoms with van der Waals surface area (Å²) in [7, 11) is 0. The lowest BCUT2D eigenvalue weighted by Gasteiger charge is -2.23. The molecule has 1 aliphatic heterocycles. The summed E-state index contributed by atoms with van der Waals surface area (Å²) in [6.45, 7) is 1.04. The van der Waals surface area contributed by atoms with E-state index in [-0.39, 0.29) is 2.85 Å². The van der Waals surface area contributed by atoms with E-state index >= 15 is 0 Å². The fourth-order valence-electron chi connectivity index (χ4n) is 1.94. The fourth-order valence-corrected chi connectivity index (χ4v) is 1.94. The Hall–Kier alpha value is -0.0800. The van der Waals surface area contributed by atoms with Gasteiger partial charge in [-0.25, -0.2) is 0 Å². The summed E-state index contributed by atoms with van der Waals surface area (Å²) in [5.41, 5.74) is 0. The molecule has 2 aliphatic rings. The van der Waals surface area contributed by atoms with E-state index in [2.05, 4.69) is 10.6 Å². The molecule has 2 heteroatoms. The fraction of sp³-hybridized carbons (Fsp3) is 1.00. The van der Waals surface area contributed by atoms with Gasteiger partial charge in [0.25, 0.3) is 0 Å². The Kier molecular flexibility index (Phi) is 1.44. The predicted molar refractivity (Wildman–Crippen MR) is 41.4 cm³/mol. The van der Waals surface area contributed by atoms with Crippen LogP contribution in [0, 0.1) is 0 Å². The van der Waals surface area contributed by atoms with E-state index in [1.807, 2.05) is 0 Å². The first-order valence-electron chi connectivity index (χ1n) is 3.93. The molecule has 2 N–H and O–H groups in total. The lowest BCUT2D eigenvalue weighted by molar-refractivity contribution is 0.374. The largest absolute Gasteiger partial charge is 0.300 e. The summed E-state index contributed by atoms with van der Waals surface area (Å²) in [5, 5.41) is 6.89. The van der Waals surface area contributed by atoms with Crippen LogP contribution >= 0.6 is 0 Å². The molecule has 0 bridgehead atoms. The van der Waals surface area contributed by atoms with Gasteiger partial charge in [-0.2, -0.15) is 0 Å². The van der Waals surface area contributed by atoms with Gasteiger partial charge in [-0.15, -0.1) is 0 Å². The van der Waals surface area contributed by atoms with Crippen LogP contribution in [0.15, 0.2) is 0 Å². The highest BCUT2D eigenvalue weighted by Crippen LogP contribution is 2.20. The lowest BCUT2D eigenvalue weighted by atomic mass is 9.92. The van der Waals surface area contributed by atoms with Crippen LogP contribution in [0.2, 0.25) is 0 Å². The van der Waals surface area contributed by atoms with Gasteiger partial charge >= 0.3 is 0 Å². The standard InChI is InChI=1S/C7H14N2.2H2/c1-2-4-7-6(3-1)8-5-9-7;;/h6-9H,1-5H2;2*1H/t6-,7-;;/m0../s1. The van der Waals surface area contributed by atoms with Crippen molar-refractivity contribution in [3.05, 3.63) is 0 Å². The Morgan fingerprint density at radius 1 is 1.00 bits per heavy atom. The number of hydrogen-bond acceptors (Lipinski definition) is 2. The van der Waals surface area contributed by atoms with Crippen molar-refractivity contribution in [1.82, 2.24) is 10.6 Å². The smallest absolute Gasteiger partial charge is 0.0459 e. The second-order valence-electron chi connectivity index (χ2n) is 3.08. The number of hydrogen-bond donors (Lipinski definition) is 2. The molecule has 1 aliphatic carbocycles. The number of rotatable bonds is 0. The third-order valence-electron chi connectivity index (χ3n) is 2.49. The van der Waals surface area contributed by atoms with Gasteiger partial charge < -0.3 is 10.6 Å². The molecule has 2 atom stereocenters. The molecular weight excluding hydrogens is 112 g/mol. The van der Waals surface area contributed by atoms with Gasteiger partial charge in [0.1, 0.15) is 0 Å². The van der Waals surface area contributed by atoms with Gasteiger partial charge in [-0.3, -0.25) is 0 Å². The summed E-state index contributed by atoms with van der Waals surface area (Å²) in [6.07, 6.45) is 5.63. The molecular formula is C7H18N2. The Morgan fingerprint density at radius 2 is 1.56 bits per heavy atom. The number of nitrogens with one attached hydrogen (secondary N) is 2. The van der Waals surface area contributed by atoms with E-state index in [9.17, 15) is 0 Å². The predicted octanol–water partition coefficient (Wildman–Crippen LogP) is 0.940. The normalized spacial score (nSPS) is 42.7. The van der Waals surface area contributed by atoms with Crippen molar-refractivity contribution in [1.29, 1.82) is 0 Å². The molecule has 9 heavy (non-hydrogen) atoms. The molecule has 56 valence electrons. The molecule has 0 radical (unpaired) electrons. The van der Waals surface area contributed by atoms with Crippen molar-refractivity contribution in [2.24, 2.45) is 0 Å². The zero-order valence-corrected chi connectivity index (χ0v) is 5.69. The third kappa shape index (κ3) is 0.970. The Morgan fingerprint density at radius 3 is 2.11 bits per heavy atom. The lowest BCUT2D eigenvalue weighted by Crippen LogP contribution is -2.36. The average molecular weight is 130 g/mol. The maximum atomic E-state index is 3.45. The molecule has 0 aromatic rings. The molecule has 0 aromatic heterocycles. The van der Waals surface area contributed by atoms with Crippen molar-refractivity contribution in [3.8, 4) is 0 Å². The van der Waals surface area contributed by atoms with E-state index in [1.54, 1.807) is 0 Å². The highest BCUT2D eigenvalue weighted by molar-refractivity contribution is 4.90. The quantitative estimate of drug-likeness (QED) is 0.510. The summed E-state index contributed by atoms with van der Waals surface area (Å²) >= 11 is 0. The molecule has 1 saturated carbocycles. The van der Waals surface area contributed by atoms with E-state index in [4.69, 9.17) is 0 Å². The third-order valence-corrected chi connectivity index (χ3v) is 2.49. The average Bonchev–Trinajstić information content (AvgIpc) is 2.33. The van der Waals surface area contributed by atoms with Crippen molar-refractivity contribution < 1.29 is 2.85 Å². The molecule has 0 unspecified atom stereocenters.